The van der Waals surface area contributed by atoms with Crippen LogP contribution in [0.5, 0.6) is 0 Å². The molecule has 1 aliphatic heterocycles. The Kier molecular flexibility index (Phi) is 4.68. The van der Waals surface area contributed by atoms with Gasteiger partial charge in [0.1, 0.15) is 0 Å². The van der Waals surface area contributed by atoms with E-state index in [1.54, 1.807) is 18.5 Å². The summed E-state index contributed by atoms with van der Waals surface area (Å²) in [5.41, 5.74) is 6.74. The fraction of sp³-hybridized carbons (Fsp3) is 0.467. The van der Waals surface area contributed by atoms with Gasteiger partial charge in [0.2, 0.25) is 5.91 Å². The Morgan fingerprint density at radius 2 is 2.47 bits per heavy atom. The molecule has 4 nitrogen and oxygen atoms in total. The van der Waals surface area contributed by atoms with E-state index in [0.29, 0.717) is 12.5 Å². The maximum atomic E-state index is 12.2. The normalized spacial score (nSPS) is 23.8. The fourth-order valence-corrected chi connectivity index (χ4v) is 2.62. The number of aromatic nitrogens is 1. The zero-order chi connectivity index (χ0) is 13.7. The molecule has 1 aromatic rings. The van der Waals surface area contributed by atoms with E-state index < -0.39 is 0 Å². The van der Waals surface area contributed by atoms with E-state index in [0.717, 1.165) is 24.9 Å². The van der Waals surface area contributed by atoms with Crippen molar-refractivity contribution >= 4 is 12.0 Å². The van der Waals surface area contributed by atoms with Gasteiger partial charge >= 0.3 is 0 Å². The third kappa shape index (κ3) is 3.41. The lowest BCUT2D eigenvalue weighted by atomic mass is 9.90. The van der Waals surface area contributed by atoms with Crippen LogP contribution in [0.4, 0.5) is 0 Å². The number of piperidine rings is 1. The van der Waals surface area contributed by atoms with Crippen LogP contribution in [0.3, 0.4) is 0 Å². The lowest BCUT2D eigenvalue weighted by molar-refractivity contribution is -0.130. The summed E-state index contributed by atoms with van der Waals surface area (Å²) in [6.45, 7) is 3.51. The first kappa shape index (κ1) is 13.7. The van der Waals surface area contributed by atoms with E-state index in [-0.39, 0.29) is 11.9 Å². The van der Waals surface area contributed by atoms with Gasteiger partial charge in [0.05, 0.1) is 0 Å². The van der Waals surface area contributed by atoms with Gasteiger partial charge in [-0.3, -0.25) is 9.78 Å². The van der Waals surface area contributed by atoms with Crippen LogP contribution in [-0.2, 0) is 4.79 Å². The number of amides is 1. The van der Waals surface area contributed by atoms with Crippen molar-refractivity contribution in [3.05, 3.63) is 36.2 Å². The predicted molar refractivity (Wildman–Crippen MR) is 76.2 cm³/mol. The van der Waals surface area contributed by atoms with Gasteiger partial charge in [-0.1, -0.05) is 13.0 Å². The van der Waals surface area contributed by atoms with Crippen LogP contribution in [0.15, 0.2) is 30.6 Å². The van der Waals surface area contributed by atoms with Crippen molar-refractivity contribution in [3.63, 3.8) is 0 Å². The first-order chi connectivity index (χ1) is 9.22. The highest BCUT2D eigenvalue weighted by molar-refractivity contribution is 5.92. The van der Waals surface area contributed by atoms with E-state index in [4.69, 9.17) is 5.73 Å². The van der Waals surface area contributed by atoms with Crippen molar-refractivity contribution in [2.75, 3.05) is 13.1 Å². The average Bonchev–Trinajstić information content (AvgIpc) is 2.45. The Bertz CT molecular complexity index is 444. The third-order valence-electron chi connectivity index (χ3n) is 3.74. The van der Waals surface area contributed by atoms with Crippen molar-refractivity contribution in [2.24, 2.45) is 11.7 Å². The van der Waals surface area contributed by atoms with Crippen LogP contribution in [0.2, 0.25) is 0 Å². The quantitative estimate of drug-likeness (QED) is 0.840. The summed E-state index contributed by atoms with van der Waals surface area (Å²) in [4.78, 5) is 18.2. The molecule has 0 bridgehead atoms. The van der Waals surface area contributed by atoms with Crippen molar-refractivity contribution < 1.29 is 4.79 Å². The Morgan fingerprint density at radius 3 is 3.16 bits per heavy atom. The molecule has 1 amide bonds. The number of nitrogens with two attached hydrogens (primary N) is 1. The number of rotatable bonds is 3. The second kappa shape index (κ2) is 6.48. The smallest absolute Gasteiger partial charge is 0.246 e. The predicted octanol–water partition coefficient (Wildman–Crippen LogP) is 1.68. The minimum absolute atomic E-state index is 0.0471. The van der Waals surface area contributed by atoms with E-state index in [1.807, 2.05) is 23.1 Å². The highest BCUT2D eigenvalue weighted by Gasteiger charge is 2.29. The van der Waals surface area contributed by atoms with E-state index in [9.17, 15) is 4.79 Å². The molecule has 0 aliphatic carbocycles. The number of nitrogens with zero attached hydrogens (tertiary/aromatic N) is 2. The summed E-state index contributed by atoms with van der Waals surface area (Å²) in [5, 5.41) is 0. The highest BCUT2D eigenvalue weighted by atomic mass is 16.2. The molecule has 2 atom stereocenters. The van der Waals surface area contributed by atoms with E-state index in [1.165, 1.54) is 0 Å². The Hall–Kier alpha value is -1.68. The molecule has 1 fully saturated rings. The van der Waals surface area contributed by atoms with Crippen LogP contribution < -0.4 is 5.73 Å². The number of hydrogen-bond donors (Lipinski definition) is 1. The van der Waals surface area contributed by atoms with Gasteiger partial charge < -0.3 is 10.6 Å². The maximum Gasteiger partial charge on any atom is 0.246 e. The molecule has 1 saturated heterocycles. The summed E-state index contributed by atoms with van der Waals surface area (Å²) in [5.74, 6) is 0.528. The molecule has 0 saturated carbocycles. The number of likely N-dealkylation sites (tertiary alicyclic amines) is 1. The summed E-state index contributed by atoms with van der Waals surface area (Å²) < 4.78 is 0. The molecule has 1 aliphatic rings. The Labute approximate surface area is 114 Å². The van der Waals surface area contributed by atoms with E-state index in [2.05, 4.69) is 11.9 Å². The van der Waals surface area contributed by atoms with Crippen molar-refractivity contribution in [1.82, 2.24) is 9.88 Å². The average molecular weight is 259 g/mol. The zero-order valence-corrected chi connectivity index (χ0v) is 11.3. The molecule has 4 heteroatoms. The minimum atomic E-state index is 0.0471. The number of carbonyl (C=O) groups excluding carboxylic acids is 1. The number of carbonyl (C=O) groups is 1. The first-order valence-electron chi connectivity index (χ1n) is 6.81. The summed E-state index contributed by atoms with van der Waals surface area (Å²) in [6.07, 6.45) is 9.10. The molecular formula is C15H21N3O. The topological polar surface area (TPSA) is 59.2 Å². The molecule has 2 heterocycles. The largest absolute Gasteiger partial charge is 0.335 e. The molecule has 19 heavy (non-hydrogen) atoms. The second-order valence-corrected chi connectivity index (χ2v) is 5.07. The maximum absolute atomic E-state index is 12.2. The van der Waals surface area contributed by atoms with Gasteiger partial charge in [0, 0.05) is 37.6 Å². The third-order valence-corrected chi connectivity index (χ3v) is 3.74. The lowest BCUT2D eigenvalue weighted by Crippen LogP contribution is -2.50. The van der Waals surface area contributed by atoms with Crippen molar-refractivity contribution in [1.29, 1.82) is 0 Å². The molecule has 0 radical (unpaired) electrons. The standard InChI is InChI=1S/C15H21N3O/c1-12-4-3-9-18(14(12)10-16)15(19)7-6-13-5-2-8-17-11-13/h2,5-8,11-12,14H,3-4,9-10,16H2,1H3. The summed E-state index contributed by atoms with van der Waals surface area (Å²) >= 11 is 0. The molecule has 0 spiro atoms. The number of hydrogen-bond acceptors (Lipinski definition) is 3. The van der Waals surface area contributed by atoms with Gasteiger partial charge in [-0.25, -0.2) is 0 Å². The molecule has 1 aromatic heterocycles. The molecule has 2 N–H and O–H groups in total. The monoisotopic (exact) mass is 259 g/mol. The summed E-state index contributed by atoms with van der Waals surface area (Å²) in [7, 11) is 0. The molecule has 2 unspecified atom stereocenters. The van der Waals surface area contributed by atoms with Crippen LogP contribution in [0, 0.1) is 5.92 Å². The van der Waals surface area contributed by atoms with Crippen LogP contribution in [0.1, 0.15) is 25.3 Å². The first-order valence-corrected chi connectivity index (χ1v) is 6.81. The molecule has 0 aromatic carbocycles. The minimum Gasteiger partial charge on any atom is -0.335 e. The fourth-order valence-electron chi connectivity index (χ4n) is 2.62. The molecular weight excluding hydrogens is 238 g/mol. The van der Waals surface area contributed by atoms with Crippen molar-refractivity contribution in [2.45, 2.75) is 25.8 Å². The van der Waals surface area contributed by atoms with Crippen LogP contribution >= 0.6 is 0 Å². The van der Waals surface area contributed by atoms with Crippen molar-refractivity contribution in [3.8, 4) is 0 Å². The second-order valence-electron chi connectivity index (χ2n) is 5.07. The van der Waals surface area contributed by atoms with Gasteiger partial charge in [-0.2, -0.15) is 0 Å². The van der Waals surface area contributed by atoms with Crippen LogP contribution in [0.25, 0.3) is 6.08 Å². The molecule has 2 rings (SSSR count). The Balaban J connectivity index is 2.04. The SMILES string of the molecule is CC1CCCN(C(=O)C=Cc2cccnc2)C1CN. The highest BCUT2D eigenvalue weighted by Crippen LogP contribution is 2.22. The van der Waals surface area contributed by atoms with Gasteiger partial charge in [-0.05, 0) is 36.5 Å². The number of pyridine rings is 1. The zero-order valence-electron chi connectivity index (χ0n) is 11.3. The van der Waals surface area contributed by atoms with Gasteiger partial charge in [0.15, 0.2) is 0 Å². The Morgan fingerprint density at radius 1 is 1.63 bits per heavy atom. The van der Waals surface area contributed by atoms with E-state index >= 15 is 0 Å². The summed E-state index contributed by atoms with van der Waals surface area (Å²) in [6, 6.07) is 3.95. The van der Waals surface area contributed by atoms with Gasteiger partial charge in [-0.15, -0.1) is 0 Å². The lowest BCUT2D eigenvalue weighted by Gasteiger charge is -2.38. The molecule has 102 valence electrons. The van der Waals surface area contributed by atoms with Gasteiger partial charge in [0.25, 0.3) is 0 Å². The van der Waals surface area contributed by atoms with Crippen LogP contribution in [-0.4, -0.2) is 34.9 Å².